The van der Waals surface area contributed by atoms with Crippen LogP contribution in [0.2, 0.25) is 0 Å². The van der Waals surface area contributed by atoms with E-state index in [2.05, 4.69) is 17.6 Å². The molecule has 2 rings (SSSR count). The summed E-state index contributed by atoms with van der Waals surface area (Å²) in [7, 11) is 0. The molecule has 0 spiro atoms. The highest BCUT2D eigenvalue weighted by atomic mass is 32.1. The molecule has 0 amide bonds. The number of nitrogens with zero attached hydrogens (tertiary/aromatic N) is 2. The van der Waals surface area contributed by atoms with Crippen LogP contribution in [-0.2, 0) is 0 Å². The van der Waals surface area contributed by atoms with Gasteiger partial charge in [-0.2, -0.15) is 0 Å². The second kappa shape index (κ2) is 3.63. The Bertz CT molecular complexity index is 450. The number of rotatable bonds is 2. The molecular weight excluding hydrogens is 194 g/mol. The number of hydrogen-bond acceptors (Lipinski definition) is 3. The number of hydrogen-bond donors (Lipinski definition) is 2. The van der Waals surface area contributed by atoms with Gasteiger partial charge in [0, 0.05) is 0 Å². The summed E-state index contributed by atoms with van der Waals surface area (Å²) in [6.07, 6.45) is 0.823. The predicted molar refractivity (Wildman–Crippen MR) is 60.5 cm³/mol. The fraction of sp³-hybridized carbons (Fsp3) is 0.300. The van der Waals surface area contributed by atoms with Gasteiger partial charge in [-0.15, -0.1) is 12.6 Å². The van der Waals surface area contributed by atoms with Crippen molar-refractivity contribution in [3.8, 4) is 0 Å². The van der Waals surface area contributed by atoms with Crippen molar-refractivity contribution < 1.29 is 0 Å². The quantitative estimate of drug-likeness (QED) is 0.741. The maximum atomic E-state index is 5.98. The summed E-state index contributed by atoms with van der Waals surface area (Å²) in [5, 5.41) is 0.681. The van der Waals surface area contributed by atoms with Crippen LogP contribution in [0.25, 0.3) is 11.0 Å². The number of para-hydroxylation sites is 2. The second-order valence-electron chi connectivity index (χ2n) is 3.25. The van der Waals surface area contributed by atoms with E-state index < -0.39 is 0 Å². The van der Waals surface area contributed by atoms with Gasteiger partial charge in [0.1, 0.15) is 0 Å². The highest BCUT2D eigenvalue weighted by Gasteiger charge is 2.11. The molecule has 0 aliphatic carbocycles. The first kappa shape index (κ1) is 9.55. The van der Waals surface area contributed by atoms with Gasteiger partial charge in [0.15, 0.2) is 5.16 Å². The van der Waals surface area contributed by atoms with Crippen LogP contribution in [-0.4, -0.2) is 9.55 Å². The lowest BCUT2D eigenvalue weighted by Gasteiger charge is -2.13. The number of benzene rings is 1. The molecule has 74 valence electrons. The van der Waals surface area contributed by atoms with E-state index in [0.29, 0.717) is 5.16 Å². The van der Waals surface area contributed by atoms with Crippen LogP contribution in [0.5, 0.6) is 0 Å². The van der Waals surface area contributed by atoms with Crippen molar-refractivity contribution in [3.63, 3.8) is 0 Å². The summed E-state index contributed by atoms with van der Waals surface area (Å²) in [6, 6.07) is 7.92. The van der Waals surface area contributed by atoms with Crippen molar-refractivity contribution >= 4 is 23.7 Å². The van der Waals surface area contributed by atoms with E-state index in [0.717, 1.165) is 17.5 Å². The number of fused-ring (bicyclic) bond motifs is 1. The van der Waals surface area contributed by atoms with Gasteiger partial charge >= 0.3 is 0 Å². The van der Waals surface area contributed by atoms with Gasteiger partial charge in [-0.05, 0) is 18.6 Å². The molecule has 1 heterocycles. The van der Waals surface area contributed by atoms with Crippen molar-refractivity contribution in [1.82, 2.24) is 9.55 Å². The first-order chi connectivity index (χ1) is 6.74. The standard InChI is InChI=1S/C10H13N3S/c1-2-9(11)13-8-6-4-3-5-7(8)12-10(13)14/h3-6,9H,2,11H2,1H3,(H,12,14). The summed E-state index contributed by atoms with van der Waals surface area (Å²) in [6.45, 7) is 2.05. The minimum absolute atomic E-state index is 0.0464. The molecule has 3 nitrogen and oxygen atoms in total. The zero-order chi connectivity index (χ0) is 10.1. The molecule has 1 atom stereocenters. The Balaban J connectivity index is 2.67. The van der Waals surface area contributed by atoms with Crippen molar-refractivity contribution in [2.45, 2.75) is 24.7 Å². The van der Waals surface area contributed by atoms with Crippen molar-refractivity contribution in [2.75, 3.05) is 0 Å². The van der Waals surface area contributed by atoms with E-state index in [-0.39, 0.29) is 6.17 Å². The molecule has 1 aromatic carbocycles. The van der Waals surface area contributed by atoms with Gasteiger partial charge < -0.3 is 10.3 Å². The van der Waals surface area contributed by atoms with Gasteiger partial charge in [0.25, 0.3) is 0 Å². The molecule has 2 N–H and O–H groups in total. The van der Waals surface area contributed by atoms with E-state index in [9.17, 15) is 0 Å². The normalized spacial score (nSPS) is 13.4. The zero-order valence-electron chi connectivity index (χ0n) is 8.01. The SMILES string of the molecule is CCC(N)n1c(S)nc2ccccc21. The Morgan fingerprint density at radius 2 is 2.21 bits per heavy atom. The lowest BCUT2D eigenvalue weighted by atomic mass is 10.3. The summed E-state index contributed by atoms with van der Waals surface area (Å²) in [4.78, 5) is 4.33. The summed E-state index contributed by atoms with van der Waals surface area (Å²) in [5.74, 6) is 0. The van der Waals surface area contributed by atoms with Crippen LogP contribution in [0.15, 0.2) is 29.4 Å². The fourth-order valence-corrected chi connectivity index (χ4v) is 1.91. The van der Waals surface area contributed by atoms with Crippen LogP contribution < -0.4 is 5.73 Å². The number of thiol groups is 1. The molecule has 2 aromatic rings. The van der Waals surface area contributed by atoms with Crippen LogP contribution in [0, 0.1) is 0 Å². The zero-order valence-corrected chi connectivity index (χ0v) is 8.91. The maximum Gasteiger partial charge on any atom is 0.167 e. The third-order valence-electron chi connectivity index (χ3n) is 2.33. The second-order valence-corrected chi connectivity index (χ2v) is 3.65. The Labute approximate surface area is 88.3 Å². The third-order valence-corrected chi connectivity index (χ3v) is 2.64. The molecule has 0 radical (unpaired) electrons. The molecule has 14 heavy (non-hydrogen) atoms. The number of imidazole rings is 1. The molecule has 1 unspecified atom stereocenters. The molecule has 0 fully saturated rings. The van der Waals surface area contributed by atoms with Crippen molar-refractivity contribution in [1.29, 1.82) is 0 Å². The molecule has 1 aromatic heterocycles. The minimum Gasteiger partial charge on any atom is -0.311 e. The molecule has 0 bridgehead atoms. The number of aromatic nitrogens is 2. The van der Waals surface area contributed by atoms with Crippen LogP contribution in [0.1, 0.15) is 19.5 Å². The Morgan fingerprint density at radius 3 is 2.93 bits per heavy atom. The van der Waals surface area contributed by atoms with Crippen LogP contribution >= 0.6 is 12.6 Å². The first-order valence-corrected chi connectivity index (χ1v) is 5.10. The molecule has 0 saturated heterocycles. The van der Waals surface area contributed by atoms with Crippen molar-refractivity contribution in [3.05, 3.63) is 24.3 Å². The highest BCUT2D eigenvalue weighted by Crippen LogP contribution is 2.22. The summed E-state index contributed by atoms with van der Waals surface area (Å²) < 4.78 is 1.96. The fourth-order valence-electron chi connectivity index (χ4n) is 1.54. The highest BCUT2D eigenvalue weighted by molar-refractivity contribution is 7.80. The summed E-state index contributed by atoms with van der Waals surface area (Å²) in [5.41, 5.74) is 7.97. The lowest BCUT2D eigenvalue weighted by molar-refractivity contribution is 0.484. The Hall–Kier alpha value is -1.00. The van der Waals surface area contributed by atoms with Crippen LogP contribution in [0.3, 0.4) is 0 Å². The van der Waals surface area contributed by atoms with E-state index in [1.807, 2.05) is 35.8 Å². The molecule has 0 aliphatic heterocycles. The van der Waals surface area contributed by atoms with E-state index in [1.165, 1.54) is 0 Å². The van der Waals surface area contributed by atoms with Gasteiger partial charge in [0.05, 0.1) is 17.2 Å². The average molecular weight is 207 g/mol. The largest absolute Gasteiger partial charge is 0.311 e. The third kappa shape index (κ3) is 1.40. The van der Waals surface area contributed by atoms with Gasteiger partial charge in [-0.25, -0.2) is 4.98 Å². The maximum absolute atomic E-state index is 5.98. The van der Waals surface area contributed by atoms with Crippen molar-refractivity contribution in [2.24, 2.45) is 5.73 Å². The molecule has 0 aliphatic rings. The lowest BCUT2D eigenvalue weighted by Crippen LogP contribution is -2.17. The first-order valence-electron chi connectivity index (χ1n) is 4.65. The monoisotopic (exact) mass is 207 g/mol. The minimum atomic E-state index is -0.0464. The van der Waals surface area contributed by atoms with E-state index in [1.54, 1.807) is 0 Å². The van der Waals surface area contributed by atoms with E-state index in [4.69, 9.17) is 5.73 Å². The van der Waals surface area contributed by atoms with E-state index >= 15 is 0 Å². The average Bonchev–Trinajstić information content (AvgIpc) is 2.53. The topological polar surface area (TPSA) is 43.8 Å². The Kier molecular flexibility index (Phi) is 2.48. The molecule has 0 saturated carbocycles. The Morgan fingerprint density at radius 1 is 1.50 bits per heavy atom. The summed E-state index contributed by atoms with van der Waals surface area (Å²) >= 11 is 4.32. The van der Waals surface area contributed by atoms with Gasteiger partial charge in [-0.1, -0.05) is 19.1 Å². The molecule has 4 heteroatoms. The predicted octanol–water partition coefficient (Wildman–Crippen LogP) is 2.19. The van der Waals surface area contributed by atoms with Gasteiger partial charge in [-0.3, -0.25) is 0 Å². The smallest absolute Gasteiger partial charge is 0.167 e. The number of nitrogens with two attached hydrogens (primary N) is 1. The van der Waals surface area contributed by atoms with Gasteiger partial charge in [0.2, 0.25) is 0 Å². The van der Waals surface area contributed by atoms with Crippen LogP contribution in [0.4, 0.5) is 0 Å². The molecular formula is C10H13N3S.